The average Bonchev–Trinajstić information content (AvgIpc) is 2.80. The van der Waals surface area contributed by atoms with Crippen LogP contribution in [0.3, 0.4) is 0 Å². The van der Waals surface area contributed by atoms with Gasteiger partial charge in [-0.05, 0) is 38.0 Å². The van der Waals surface area contributed by atoms with Crippen LogP contribution >= 0.6 is 0 Å². The van der Waals surface area contributed by atoms with Crippen molar-refractivity contribution in [1.29, 1.82) is 0 Å². The predicted octanol–water partition coefficient (Wildman–Crippen LogP) is 3.03. The summed E-state index contributed by atoms with van der Waals surface area (Å²) in [5.41, 5.74) is 3.45. The number of benzene rings is 1. The second-order valence-corrected chi connectivity index (χ2v) is 4.45. The van der Waals surface area contributed by atoms with Gasteiger partial charge >= 0.3 is 0 Å². The molecule has 0 atom stereocenters. The average molecular weight is 257 g/mol. The number of aryl methyl sites for hydroxylation is 3. The maximum absolute atomic E-state index is 12.2. The van der Waals surface area contributed by atoms with Gasteiger partial charge in [0.1, 0.15) is 0 Å². The lowest BCUT2D eigenvalue weighted by Crippen LogP contribution is -2.14. The van der Waals surface area contributed by atoms with Crippen LogP contribution in [0.25, 0.3) is 0 Å². The van der Waals surface area contributed by atoms with E-state index in [-0.39, 0.29) is 5.91 Å². The molecule has 2 rings (SSSR count). The number of para-hydroxylation sites is 1. The summed E-state index contributed by atoms with van der Waals surface area (Å²) in [7, 11) is 0. The second kappa shape index (κ2) is 5.69. The fourth-order valence-electron chi connectivity index (χ4n) is 2.08. The monoisotopic (exact) mass is 257 g/mol. The number of nitrogens with one attached hydrogen (secondary N) is 1. The van der Waals surface area contributed by atoms with Crippen molar-refractivity contribution in [3.05, 3.63) is 47.3 Å². The van der Waals surface area contributed by atoms with Crippen LogP contribution in [0.1, 0.15) is 35.6 Å². The molecule has 4 nitrogen and oxygen atoms in total. The standard InChI is InChI=1S/C15H19N3O/c1-4-12-8-6-7-9-13(12)16-15(19)14-10-11(3)18(5-2)17-14/h6-10H,4-5H2,1-3H3,(H,16,19). The smallest absolute Gasteiger partial charge is 0.276 e. The van der Waals surface area contributed by atoms with Gasteiger partial charge in [-0.25, -0.2) is 0 Å². The van der Waals surface area contributed by atoms with Gasteiger partial charge in [0, 0.05) is 17.9 Å². The molecule has 1 amide bonds. The Bertz CT molecular complexity index is 587. The highest BCUT2D eigenvalue weighted by Gasteiger charge is 2.13. The molecule has 0 radical (unpaired) electrons. The van der Waals surface area contributed by atoms with E-state index in [4.69, 9.17) is 0 Å². The number of carbonyl (C=O) groups is 1. The molecular weight excluding hydrogens is 238 g/mol. The van der Waals surface area contributed by atoms with Gasteiger partial charge in [-0.3, -0.25) is 9.48 Å². The molecule has 0 fully saturated rings. The number of nitrogens with zero attached hydrogens (tertiary/aromatic N) is 2. The Morgan fingerprint density at radius 1 is 1.32 bits per heavy atom. The molecule has 2 aromatic rings. The molecule has 0 aliphatic rings. The van der Waals surface area contributed by atoms with E-state index in [1.165, 1.54) is 0 Å². The molecule has 19 heavy (non-hydrogen) atoms. The number of aromatic nitrogens is 2. The number of carbonyl (C=O) groups excluding carboxylic acids is 1. The minimum atomic E-state index is -0.156. The van der Waals surface area contributed by atoms with E-state index in [0.717, 1.165) is 29.9 Å². The topological polar surface area (TPSA) is 46.9 Å². The molecule has 1 aromatic carbocycles. The summed E-state index contributed by atoms with van der Waals surface area (Å²) in [5, 5.41) is 7.21. The van der Waals surface area contributed by atoms with Crippen molar-refractivity contribution >= 4 is 11.6 Å². The molecule has 0 aliphatic carbocycles. The van der Waals surface area contributed by atoms with Gasteiger partial charge in [-0.15, -0.1) is 0 Å². The zero-order valence-electron chi connectivity index (χ0n) is 11.6. The summed E-state index contributed by atoms with van der Waals surface area (Å²) in [6.07, 6.45) is 0.888. The van der Waals surface area contributed by atoms with E-state index in [0.29, 0.717) is 5.69 Å². The molecule has 1 N–H and O–H groups in total. The van der Waals surface area contributed by atoms with Crippen molar-refractivity contribution in [2.75, 3.05) is 5.32 Å². The first-order valence-corrected chi connectivity index (χ1v) is 6.59. The van der Waals surface area contributed by atoms with Crippen LogP contribution in [0.5, 0.6) is 0 Å². The van der Waals surface area contributed by atoms with E-state index in [1.54, 1.807) is 0 Å². The number of anilines is 1. The van der Waals surface area contributed by atoms with Crippen LogP contribution in [-0.4, -0.2) is 15.7 Å². The van der Waals surface area contributed by atoms with Gasteiger partial charge in [-0.2, -0.15) is 5.10 Å². The first kappa shape index (κ1) is 13.3. The Labute approximate surface area is 113 Å². The van der Waals surface area contributed by atoms with Crippen LogP contribution in [0.4, 0.5) is 5.69 Å². The van der Waals surface area contributed by atoms with Crippen molar-refractivity contribution in [1.82, 2.24) is 9.78 Å². The first-order valence-electron chi connectivity index (χ1n) is 6.59. The van der Waals surface area contributed by atoms with Crippen molar-refractivity contribution in [2.24, 2.45) is 0 Å². The van der Waals surface area contributed by atoms with Gasteiger partial charge in [0.25, 0.3) is 5.91 Å². The number of hydrogen-bond acceptors (Lipinski definition) is 2. The third-order valence-corrected chi connectivity index (χ3v) is 3.16. The minimum absolute atomic E-state index is 0.156. The van der Waals surface area contributed by atoms with E-state index in [1.807, 2.05) is 48.9 Å². The molecule has 0 bridgehead atoms. The molecule has 0 saturated carbocycles. The zero-order chi connectivity index (χ0) is 13.8. The lowest BCUT2D eigenvalue weighted by molar-refractivity contribution is 0.102. The fraction of sp³-hybridized carbons (Fsp3) is 0.333. The SMILES string of the molecule is CCc1ccccc1NC(=O)c1cc(C)n(CC)n1. The molecule has 1 heterocycles. The third kappa shape index (κ3) is 2.84. The Kier molecular flexibility index (Phi) is 4.00. The maximum atomic E-state index is 12.2. The lowest BCUT2D eigenvalue weighted by Gasteiger charge is -2.08. The van der Waals surface area contributed by atoms with Crippen LogP contribution in [0, 0.1) is 6.92 Å². The molecule has 0 unspecified atom stereocenters. The van der Waals surface area contributed by atoms with Crippen molar-refractivity contribution < 1.29 is 4.79 Å². The normalized spacial score (nSPS) is 10.5. The summed E-state index contributed by atoms with van der Waals surface area (Å²) in [4.78, 5) is 12.2. The van der Waals surface area contributed by atoms with Crippen LogP contribution < -0.4 is 5.32 Å². The fourth-order valence-corrected chi connectivity index (χ4v) is 2.08. The lowest BCUT2D eigenvalue weighted by atomic mass is 10.1. The zero-order valence-corrected chi connectivity index (χ0v) is 11.6. The van der Waals surface area contributed by atoms with Gasteiger partial charge in [-0.1, -0.05) is 25.1 Å². The molecular formula is C15H19N3O. The van der Waals surface area contributed by atoms with Gasteiger partial charge < -0.3 is 5.32 Å². The number of rotatable bonds is 4. The van der Waals surface area contributed by atoms with Crippen LogP contribution in [0.2, 0.25) is 0 Å². The van der Waals surface area contributed by atoms with Crippen LogP contribution in [0.15, 0.2) is 30.3 Å². The van der Waals surface area contributed by atoms with Gasteiger partial charge in [0.2, 0.25) is 0 Å². The largest absolute Gasteiger partial charge is 0.320 e. The highest BCUT2D eigenvalue weighted by Crippen LogP contribution is 2.16. The Balaban J connectivity index is 2.20. The highest BCUT2D eigenvalue weighted by atomic mass is 16.1. The van der Waals surface area contributed by atoms with Gasteiger partial charge in [0.15, 0.2) is 5.69 Å². The van der Waals surface area contributed by atoms with Gasteiger partial charge in [0.05, 0.1) is 0 Å². The molecule has 0 spiro atoms. The number of amides is 1. The Morgan fingerprint density at radius 2 is 2.05 bits per heavy atom. The molecule has 4 heteroatoms. The summed E-state index contributed by atoms with van der Waals surface area (Å²) in [6, 6.07) is 9.65. The molecule has 100 valence electrons. The molecule has 1 aromatic heterocycles. The van der Waals surface area contributed by atoms with E-state index in [9.17, 15) is 4.79 Å². The summed E-state index contributed by atoms with van der Waals surface area (Å²) < 4.78 is 1.82. The summed E-state index contributed by atoms with van der Waals surface area (Å²) in [6.45, 7) is 6.80. The molecule has 0 aliphatic heterocycles. The summed E-state index contributed by atoms with van der Waals surface area (Å²) >= 11 is 0. The maximum Gasteiger partial charge on any atom is 0.276 e. The van der Waals surface area contributed by atoms with E-state index < -0.39 is 0 Å². The predicted molar refractivity (Wildman–Crippen MR) is 76.4 cm³/mol. The third-order valence-electron chi connectivity index (χ3n) is 3.16. The van der Waals surface area contributed by atoms with Crippen molar-refractivity contribution in [3.63, 3.8) is 0 Å². The quantitative estimate of drug-likeness (QED) is 0.915. The molecule has 0 saturated heterocycles. The van der Waals surface area contributed by atoms with E-state index >= 15 is 0 Å². The van der Waals surface area contributed by atoms with Crippen LogP contribution in [-0.2, 0) is 13.0 Å². The van der Waals surface area contributed by atoms with Crippen molar-refractivity contribution in [2.45, 2.75) is 33.7 Å². The summed E-state index contributed by atoms with van der Waals surface area (Å²) in [5.74, 6) is -0.156. The Hall–Kier alpha value is -2.10. The Morgan fingerprint density at radius 3 is 2.68 bits per heavy atom. The van der Waals surface area contributed by atoms with Crippen molar-refractivity contribution in [3.8, 4) is 0 Å². The number of hydrogen-bond donors (Lipinski definition) is 1. The second-order valence-electron chi connectivity index (χ2n) is 4.45. The first-order chi connectivity index (χ1) is 9.15. The highest BCUT2D eigenvalue weighted by molar-refractivity contribution is 6.03. The van der Waals surface area contributed by atoms with E-state index in [2.05, 4.69) is 17.3 Å². The minimum Gasteiger partial charge on any atom is -0.320 e.